The SMILES string of the molecule is CCOC(=O)N1CCN(C(=O)c2ccc(N3C[C@H]4C[C@@H](C3)c3cccc(=O)n3C4)c(NC(=O)c3ccc(C(C)(C)C)cc3)c2)CC1. The first kappa shape index (κ1) is 31.4. The fraction of sp³-hybridized carbons (Fsp3) is 0.444. The number of fused-ring (bicyclic) bond motifs is 4. The highest BCUT2D eigenvalue weighted by Gasteiger charge is 2.36. The predicted octanol–water partition coefficient (Wildman–Crippen LogP) is 4.94. The van der Waals surface area contributed by atoms with Crippen LogP contribution in [-0.4, -0.2) is 78.1 Å². The normalized spacial score (nSPS) is 19.3. The van der Waals surface area contributed by atoms with Crippen LogP contribution in [0, 0.1) is 5.92 Å². The van der Waals surface area contributed by atoms with Crippen molar-refractivity contribution in [3.63, 3.8) is 0 Å². The van der Waals surface area contributed by atoms with Gasteiger partial charge in [0.15, 0.2) is 0 Å². The third-order valence-electron chi connectivity index (χ3n) is 9.42. The highest BCUT2D eigenvalue weighted by Crippen LogP contribution is 2.39. The van der Waals surface area contributed by atoms with E-state index in [-0.39, 0.29) is 40.7 Å². The Kier molecular flexibility index (Phi) is 8.63. The number of piperidine rings is 1. The Morgan fingerprint density at radius 2 is 1.57 bits per heavy atom. The molecule has 0 aliphatic carbocycles. The number of carbonyl (C=O) groups excluding carboxylic acids is 3. The molecule has 2 fully saturated rings. The van der Waals surface area contributed by atoms with E-state index >= 15 is 0 Å². The van der Waals surface area contributed by atoms with E-state index in [2.05, 4.69) is 31.0 Å². The summed E-state index contributed by atoms with van der Waals surface area (Å²) in [5.41, 5.74) is 4.63. The lowest BCUT2D eigenvalue weighted by atomic mass is 9.83. The van der Waals surface area contributed by atoms with E-state index in [0.29, 0.717) is 62.7 Å². The highest BCUT2D eigenvalue weighted by atomic mass is 16.6. The van der Waals surface area contributed by atoms with Crippen molar-refractivity contribution < 1.29 is 19.1 Å². The van der Waals surface area contributed by atoms with E-state index in [1.807, 2.05) is 53.1 Å². The molecule has 0 radical (unpaired) electrons. The number of anilines is 2. The number of piperazine rings is 1. The second-order valence-corrected chi connectivity index (χ2v) is 13.6. The Balaban J connectivity index is 1.27. The van der Waals surface area contributed by atoms with Crippen molar-refractivity contribution >= 4 is 29.3 Å². The Morgan fingerprint density at radius 1 is 0.870 bits per heavy atom. The quantitative estimate of drug-likeness (QED) is 0.431. The van der Waals surface area contributed by atoms with E-state index in [9.17, 15) is 19.2 Å². The average Bonchev–Trinajstić information content (AvgIpc) is 3.04. The molecule has 1 N–H and O–H groups in total. The van der Waals surface area contributed by atoms with Gasteiger partial charge in [-0.15, -0.1) is 0 Å². The molecule has 2 aromatic carbocycles. The smallest absolute Gasteiger partial charge is 0.409 e. The van der Waals surface area contributed by atoms with Gasteiger partial charge >= 0.3 is 6.09 Å². The summed E-state index contributed by atoms with van der Waals surface area (Å²) in [4.78, 5) is 57.7. The van der Waals surface area contributed by atoms with Gasteiger partial charge in [-0.05, 0) is 66.6 Å². The molecule has 0 saturated carbocycles. The monoisotopic (exact) mass is 625 g/mol. The Labute approximate surface area is 269 Å². The summed E-state index contributed by atoms with van der Waals surface area (Å²) < 4.78 is 7.03. The van der Waals surface area contributed by atoms with E-state index < -0.39 is 0 Å². The first-order chi connectivity index (χ1) is 22.0. The summed E-state index contributed by atoms with van der Waals surface area (Å²) in [6, 6.07) is 18.7. The van der Waals surface area contributed by atoms with Crippen molar-refractivity contribution in [3.05, 3.63) is 93.4 Å². The maximum Gasteiger partial charge on any atom is 0.409 e. The molecule has 3 aliphatic heterocycles. The second-order valence-electron chi connectivity index (χ2n) is 13.6. The Morgan fingerprint density at radius 3 is 2.26 bits per heavy atom. The summed E-state index contributed by atoms with van der Waals surface area (Å²) in [5, 5.41) is 3.13. The van der Waals surface area contributed by atoms with Crippen molar-refractivity contribution in [1.82, 2.24) is 14.4 Å². The van der Waals surface area contributed by atoms with Gasteiger partial charge in [0.05, 0.1) is 18.0 Å². The number of ether oxygens (including phenoxy) is 1. The third kappa shape index (κ3) is 6.38. The predicted molar refractivity (Wildman–Crippen MR) is 178 cm³/mol. The van der Waals surface area contributed by atoms with Crippen LogP contribution in [0.2, 0.25) is 0 Å². The summed E-state index contributed by atoms with van der Waals surface area (Å²) in [7, 11) is 0. The molecule has 6 rings (SSSR count). The molecule has 4 heterocycles. The zero-order valence-electron chi connectivity index (χ0n) is 27.1. The summed E-state index contributed by atoms with van der Waals surface area (Å²) >= 11 is 0. The standard InChI is InChI=1S/C36H43N5O5/c1-5-46-35(45)39-17-15-38(16-18-39)34(44)26-11-14-31(29(20-26)37-33(43)25-9-12-28(13-10-25)36(2,3)4)40-21-24-19-27(23-40)30-7-6-8-32(42)41(30)22-24/h6-14,20,24,27H,5,15-19,21-23H2,1-4H3,(H,37,43)/t24-,27+/m1/s1. The largest absolute Gasteiger partial charge is 0.450 e. The van der Waals surface area contributed by atoms with E-state index in [0.717, 1.165) is 29.9 Å². The minimum absolute atomic E-state index is 0.0330. The maximum atomic E-state index is 13.7. The minimum atomic E-state index is -0.363. The lowest BCUT2D eigenvalue weighted by Gasteiger charge is -2.44. The number of carbonyl (C=O) groups is 3. The molecule has 3 aromatic rings. The van der Waals surface area contributed by atoms with Crippen LogP contribution in [0.3, 0.4) is 0 Å². The van der Waals surface area contributed by atoms with Crippen LogP contribution in [0.1, 0.15) is 72.0 Å². The molecule has 2 atom stereocenters. The number of amides is 3. The number of nitrogens with zero attached hydrogens (tertiary/aromatic N) is 4. The zero-order chi connectivity index (χ0) is 32.6. The number of benzene rings is 2. The molecule has 0 spiro atoms. The molecule has 2 bridgehead atoms. The van der Waals surface area contributed by atoms with Crippen molar-refractivity contribution in [2.45, 2.75) is 52.0 Å². The topological polar surface area (TPSA) is 104 Å². The number of pyridine rings is 1. The first-order valence-electron chi connectivity index (χ1n) is 16.2. The zero-order valence-corrected chi connectivity index (χ0v) is 27.1. The van der Waals surface area contributed by atoms with Gasteiger partial charge in [-0.25, -0.2) is 4.79 Å². The number of aromatic nitrogens is 1. The van der Waals surface area contributed by atoms with Crippen LogP contribution in [0.25, 0.3) is 0 Å². The molecule has 10 nitrogen and oxygen atoms in total. The van der Waals surface area contributed by atoms with Crippen molar-refractivity contribution in [2.75, 3.05) is 56.1 Å². The number of hydrogen-bond acceptors (Lipinski definition) is 6. The van der Waals surface area contributed by atoms with Gasteiger partial charge in [0.25, 0.3) is 17.4 Å². The number of nitrogens with one attached hydrogen (secondary N) is 1. The number of hydrogen-bond donors (Lipinski definition) is 1. The minimum Gasteiger partial charge on any atom is -0.450 e. The Bertz CT molecular complexity index is 1680. The van der Waals surface area contributed by atoms with Gasteiger partial charge in [-0.1, -0.05) is 39.0 Å². The summed E-state index contributed by atoms with van der Waals surface area (Å²) in [6.45, 7) is 12.2. The van der Waals surface area contributed by atoms with Crippen molar-refractivity contribution in [3.8, 4) is 0 Å². The van der Waals surface area contributed by atoms with Gasteiger partial charge in [0, 0.05) is 74.6 Å². The average molecular weight is 626 g/mol. The summed E-state index contributed by atoms with van der Waals surface area (Å²) in [5.74, 6) is 0.0797. The molecule has 10 heteroatoms. The number of rotatable bonds is 5. The van der Waals surface area contributed by atoms with Crippen LogP contribution < -0.4 is 15.8 Å². The van der Waals surface area contributed by atoms with Gasteiger partial charge < -0.3 is 29.3 Å². The molecule has 1 aromatic heterocycles. The van der Waals surface area contributed by atoms with Crippen LogP contribution in [0.4, 0.5) is 16.2 Å². The maximum absolute atomic E-state index is 13.7. The highest BCUT2D eigenvalue weighted by molar-refractivity contribution is 6.07. The van der Waals surface area contributed by atoms with E-state index in [1.54, 1.807) is 28.9 Å². The van der Waals surface area contributed by atoms with Crippen LogP contribution in [-0.2, 0) is 16.7 Å². The molecule has 0 unspecified atom stereocenters. The molecule has 2 saturated heterocycles. The molecule has 3 amide bonds. The summed E-state index contributed by atoms with van der Waals surface area (Å²) in [6.07, 6.45) is 0.647. The fourth-order valence-electron chi connectivity index (χ4n) is 6.94. The van der Waals surface area contributed by atoms with Gasteiger partial charge in [-0.2, -0.15) is 0 Å². The van der Waals surface area contributed by atoms with Crippen molar-refractivity contribution in [2.24, 2.45) is 5.92 Å². The molecule has 46 heavy (non-hydrogen) atoms. The molecule has 242 valence electrons. The second kappa shape index (κ2) is 12.7. The molecular weight excluding hydrogens is 582 g/mol. The van der Waals surface area contributed by atoms with E-state index in [4.69, 9.17) is 4.74 Å². The fourth-order valence-corrected chi connectivity index (χ4v) is 6.94. The van der Waals surface area contributed by atoms with Crippen molar-refractivity contribution in [1.29, 1.82) is 0 Å². The van der Waals surface area contributed by atoms with Gasteiger partial charge in [0.1, 0.15) is 0 Å². The lowest BCUT2D eigenvalue weighted by Crippen LogP contribution is -2.50. The third-order valence-corrected chi connectivity index (χ3v) is 9.42. The Hall–Kier alpha value is -4.60. The lowest BCUT2D eigenvalue weighted by molar-refractivity contribution is 0.0570. The van der Waals surface area contributed by atoms with E-state index in [1.165, 1.54) is 0 Å². The van der Waals surface area contributed by atoms with Crippen LogP contribution >= 0.6 is 0 Å². The van der Waals surface area contributed by atoms with Crippen LogP contribution in [0.5, 0.6) is 0 Å². The molecule has 3 aliphatic rings. The van der Waals surface area contributed by atoms with Gasteiger partial charge in [-0.3, -0.25) is 14.4 Å². The first-order valence-corrected chi connectivity index (χ1v) is 16.2. The van der Waals surface area contributed by atoms with Gasteiger partial charge in [0.2, 0.25) is 0 Å². The molecular formula is C36H43N5O5. The van der Waals surface area contributed by atoms with Crippen LogP contribution in [0.15, 0.2) is 65.5 Å².